The summed E-state index contributed by atoms with van der Waals surface area (Å²) in [5.41, 5.74) is 0.997. The van der Waals surface area contributed by atoms with Crippen molar-refractivity contribution in [3.8, 4) is 0 Å². The van der Waals surface area contributed by atoms with Crippen molar-refractivity contribution in [3.05, 3.63) is 17.5 Å². The molecule has 6 nitrogen and oxygen atoms in total. The molecule has 1 atom stereocenters. The van der Waals surface area contributed by atoms with Gasteiger partial charge in [-0.05, 0) is 12.0 Å². The van der Waals surface area contributed by atoms with Crippen LogP contribution in [0, 0.1) is 0 Å². The summed E-state index contributed by atoms with van der Waals surface area (Å²) >= 11 is 0. The van der Waals surface area contributed by atoms with Gasteiger partial charge in [-0.2, -0.15) is 18.3 Å². The van der Waals surface area contributed by atoms with Gasteiger partial charge in [0.25, 0.3) is 5.91 Å². The number of rotatable bonds is 5. The number of carbonyl (C=O) groups excluding carboxylic acids is 1. The maximum atomic E-state index is 13.3. The summed E-state index contributed by atoms with van der Waals surface area (Å²) in [6.45, 7) is 5.08. The SMILES string of the molecule is CC(C)c1cc(C(=O)NCC(N2CCNCC2)C(F)(F)F)nn1C. The lowest BCUT2D eigenvalue weighted by Crippen LogP contribution is -2.57. The van der Waals surface area contributed by atoms with Gasteiger partial charge in [0, 0.05) is 45.5 Å². The topological polar surface area (TPSA) is 62.2 Å². The molecule has 0 aliphatic carbocycles. The lowest BCUT2D eigenvalue weighted by atomic mass is 10.1. The summed E-state index contributed by atoms with van der Waals surface area (Å²) in [5, 5.41) is 9.49. The second kappa shape index (κ2) is 7.52. The van der Waals surface area contributed by atoms with Crippen molar-refractivity contribution in [2.24, 2.45) is 7.05 Å². The van der Waals surface area contributed by atoms with E-state index in [2.05, 4.69) is 15.7 Å². The number of piperazine rings is 1. The Bertz CT molecular complexity index is 564. The molecule has 0 bridgehead atoms. The summed E-state index contributed by atoms with van der Waals surface area (Å²) < 4.78 is 41.5. The standard InChI is InChI=1S/C15H24F3N5O/c1-10(2)12-8-11(21-22(12)3)14(24)20-9-13(15(16,17)18)23-6-4-19-5-7-23/h8,10,13,19H,4-7,9H2,1-3H3,(H,20,24). The molecule has 1 aromatic heterocycles. The summed E-state index contributed by atoms with van der Waals surface area (Å²) in [5.74, 6) is -0.408. The molecular weight excluding hydrogens is 323 g/mol. The van der Waals surface area contributed by atoms with Gasteiger partial charge in [0.15, 0.2) is 0 Å². The minimum absolute atomic E-state index is 0.141. The van der Waals surface area contributed by atoms with Crippen LogP contribution in [-0.2, 0) is 7.05 Å². The van der Waals surface area contributed by atoms with E-state index in [-0.39, 0.29) is 11.6 Å². The van der Waals surface area contributed by atoms with Crippen LogP contribution in [0.2, 0.25) is 0 Å². The van der Waals surface area contributed by atoms with E-state index in [1.54, 1.807) is 17.8 Å². The lowest BCUT2D eigenvalue weighted by molar-refractivity contribution is -0.183. The maximum Gasteiger partial charge on any atom is 0.405 e. The Kier molecular flexibility index (Phi) is 5.87. The van der Waals surface area contributed by atoms with Gasteiger partial charge in [0.2, 0.25) is 0 Å². The molecule has 1 aliphatic heterocycles. The molecule has 1 fully saturated rings. The van der Waals surface area contributed by atoms with E-state index in [4.69, 9.17) is 0 Å². The van der Waals surface area contributed by atoms with Crippen LogP contribution in [0.4, 0.5) is 13.2 Å². The highest BCUT2D eigenvalue weighted by atomic mass is 19.4. The zero-order valence-corrected chi connectivity index (χ0v) is 14.2. The highest BCUT2D eigenvalue weighted by Gasteiger charge is 2.43. The summed E-state index contributed by atoms with van der Waals surface area (Å²) in [7, 11) is 1.71. The third-order valence-corrected chi connectivity index (χ3v) is 4.17. The Labute approximate surface area is 139 Å². The molecule has 1 unspecified atom stereocenters. The Morgan fingerprint density at radius 2 is 2.00 bits per heavy atom. The predicted octanol–water partition coefficient (Wildman–Crippen LogP) is 1.11. The summed E-state index contributed by atoms with van der Waals surface area (Å²) in [6.07, 6.45) is -4.39. The molecule has 24 heavy (non-hydrogen) atoms. The number of aromatic nitrogens is 2. The van der Waals surface area contributed by atoms with Gasteiger partial charge in [-0.25, -0.2) is 0 Å². The van der Waals surface area contributed by atoms with Gasteiger partial charge in [0.1, 0.15) is 11.7 Å². The predicted molar refractivity (Wildman–Crippen MR) is 83.9 cm³/mol. The lowest BCUT2D eigenvalue weighted by Gasteiger charge is -2.35. The molecule has 0 radical (unpaired) electrons. The minimum Gasteiger partial charge on any atom is -0.349 e. The van der Waals surface area contributed by atoms with Crippen molar-refractivity contribution in [2.75, 3.05) is 32.7 Å². The third kappa shape index (κ3) is 4.47. The van der Waals surface area contributed by atoms with Crippen LogP contribution in [0.3, 0.4) is 0 Å². The fraction of sp³-hybridized carbons (Fsp3) is 0.733. The Hall–Kier alpha value is -1.61. The van der Waals surface area contributed by atoms with Crippen molar-refractivity contribution in [1.29, 1.82) is 0 Å². The van der Waals surface area contributed by atoms with E-state index >= 15 is 0 Å². The Morgan fingerprint density at radius 1 is 1.38 bits per heavy atom. The van der Waals surface area contributed by atoms with Crippen LogP contribution >= 0.6 is 0 Å². The van der Waals surface area contributed by atoms with E-state index in [9.17, 15) is 18.0 Å². The first kappa shape index (κ1) is 18.7. The molecule has 1 aromatic rings. The van der Waals surface area contributed by atoms with E-state index in [1.807, 2.05) is 13.8 Å². The van der Waals surface area contributed by atoms with Crippen molar-refractivity contribution >= 4 is 5.91 Å². The fourth-order valence-corrected chi connectivity index (χ4v) is 2.86. The quantitative estimate of drug-likeness (QED) is 0.838. The van der Waals surface area contributed by atoms with Crippen molar-refractivity contribution in [2.45, 2.75) is 32.0 Å². The first-order valence-electron chi connectivity index (χ1n) is 8.03. The number of nitrogens with zero attached hydrogens (tertiary/aromatic N) is 3. The molecule has 0 aromatic carbocycles. The highest BCUT2D eigenvalue weighted by molar-refractivity contribution is 5.92. The maximum absolute atomic E-state index is 13.3. The van der Waals surface area contributed by atoms with Crippen molar-refractivity contribution < 1.29 is 18.0 Å². The number of amides is 1. The molecule has 0 spiro atoms. The van der Waals surface area contributed by atoms with Crippen LogP contribution in [0.1, 0.15) is 35.9 Å². The molecule has 2 heterocycles. The molecule has 2 rings (SSSR count). The van der Waals surface area contributed by atoms with Crippen LogP contribution in [-0.4, -0.2) is 65.5 Å². The van der Waals surface area contributed by atoms with E-state index < -0.39 is 24.7 Å². The molecule has 9 heteroatoms. The Morgan fingerprint density at radius 3 is 2.50 bits per heavy atom. The number of alkyl halides is 3. The molecule has 1 aliphatic rings. The molecule has 0 saturated carbocycles. The largest absolute Gasteiger partial charge is 0.405 e. The van der Waals surface area contributed by atoms with Crippen molar-refractivity contribution in [1.82, 2.24) is 25.3 Å². The molecule has 1 saturated heterocycles. The average molecular weight is 347 g/mol. The first-order chi connectivity index (χ1) is 11.2. The molecule has 1 amide bonds. The van der Waals surface area contributed by atoms with E-state index in [1.165, 1.54) is 4.90 Å². The van der Waals surface area contributed by atoms with Crippen LogP contribution in [0.5, 0.6) is 0 Å². The average Bonchev–Trinajstić information content (AvgIpc) is 2.89. The number of hydrogen-bond donors (Lipinski definition) is 2. The number of halogens is 3. The van der Waals surface area contributed by atoms with Gasteiger partial charge < -0.3 is 10.6 Å². The first-order valence-corrected chi connectivity index (χ1v) is 8.03. The van der Waals surface area contributed by atoms with E-state index in [0.717, 1.165) is 5.69 Å². The van der Waals surface area contributed by atoms with Gasteiger partial charge in [-0.15, -0.1) is 0 Å². The van der Waals surface area contributed by atoms with Gasteiger partial charge in [0.05, 0.1) is 0 Å². The molecular formula is C15H24F3N5O. The van der Waals surface area contributed by atoms with Crippen LogP contribution in [0.25, 0.3) is 0 Å². The highest BCUT2D eigenvalue weighted by Crippen LogP contribution is 2.25. The monoisotopic (exact) mass is 347 g/mol. The molecule has 2 N–H and O–H groups in total. The number of aryl methyl sites for hydroxylation is 1. The number of nitrogens with one attached hydrogen (secondary N) is 2. The van der Waals surface area contributed by atoms with Crippen LogP contribution in [0.15, 0.2) is 6.07 Å². The smallest absolute Gasteiger partial charge is 0.349 e. The van der Waals surface area contributed by atoms with Gasteiger partial charge in [-0.3, -0.25) is 14.4 Å². The van der Waals surface area contributed by atoms with E-state index in [0.29, 0.717) is 26.2 Å². The second-order valence-electron chi connectivity index (χ2n) is 6.29. The van der Waals surface area contributed by atoms with Gasteiger partial charge >= 0.3 is 6.18 Å². The van der Waals surface area contributed by atoms with Crippen LogP contribution < -0.4 is 10.6 Å². The summed E-state index contributed by atoms with van der Waals surface area (Å²) in [6, 6.07) is -0.0650. The second-order valence-corrected chi connectivity index (χ2v) is 6.29. The Balaban J connectivity index is 2.03. The normalized spacial score (nSPS) is 18.0. The molecule has 136 valence electrons. The number of hydrogen-bond acceptors (Lipinski definition) is 4. The zero-order valence-electron chi connectivity index (χ0n) is 14.2. The number of carbonyl (C=O) groups is 1. The zero-order chi connectivity index (χ0) is 17.9. The summed E-state index contributed by atoms with van der Waals surface area (Å²) in [4.78, 5) is 13.5. The fourth-order valence-electron chi connectivity index (χ4n) is 2.86. The van der Waals surface area contributed by atoms with Crippen molar-refractivity contribution in [3.63, 3.8) is 0 Å². The third-order valence-electron chi connectivity index (χ3n) is 4.17. The van der Waals surface area contributed by atoms with Gasteiger partial charge in [-0.1, -0.05) is 13.8 Å². The minimum atomic E-state index is -4.39.